The maximum absolute atomic E-state index is 14.2. The number of hydrogen-bond donors (Lipinski definition) is 1. The van der Waals surface area contributed by atoms with Gasteiger partial charge in [-0.05, 0) is 76.9 Å². The van der Waals surface area contributed by atoms with Crippen LogP contribution >= 0.6 is 0 Å². The van der Waals surface area contributed by atoms with Crippen LogP contribution in [0.25, 0.3) is 0 Å². The zero-order chi connectivity index (χ0) is 31.2. The molecule has 1 N–H and O–H groups in total. The molecule has 0 heterocycles. The highest BCUT2D eigenvalue weighted by molar-refractivity contribution is 7.92. The van der Waals surface area contributed by atoms with Crippen molar-refractivity contribution in [3.8, 4) is 11.5 Å². The third-order valence-electron chi connectivity index (χ3n) is 6.81. The molecule has 3 aromatic carbocycles. The zero-order valence-electron chi connectivity index (χ0n) is 25.6. The summed E-state index contributed by atoms with van der Waals surface area (Å²) in [6, 6.07) is 17.8. The van der Waals surface area contributed by atoms with Crippen molar-refractivity contribution < 1.29 is 27.5 Å². The number of ether oxygens (including phenoxy) is 2. The van der Waals surface area contributed by atoms with Gasteiger partial charge in [0, 0.05) is 18.2 Å². The van der Waals surface area contributed by atoms with Gasteiger partial charge in [-0.2, -0.15) is 0 Å². The highest BCUT2D eigenvalue weighted by Crippen LogP contribution is 2.36. The van der Waals surface area contributed by atoms with E-state index in [2.05, 4.69) is 5.32 Å². The molecule has 0 fully saturated rings. The van der Waals surface area contributed by atoms with Crippen LogP contribution < -0.4 is 19.1 Å². The van der Waals surface area contributed by atoms with Crippen LogP contribution in [-0.4, -0.2) is 57.5 Å². The Morgan fingerprint density at radius 3 is 2.14 bits per heavy atom. The van der Waals surface area contributed by atoms with E-state index in [1.807, 2.05) is 58.9 Å². The summed E-state index contributed by atoms with van der Waals surface area (Å²) >= 11 is 0. The van der Waals surface area contributed by atoms with Gasteiger partial charge < -0.3 is 19.7 Å². The van der Waals surface area contributed by atoms with E-state index >= 15 is 0 Å². The van der Waals surface area contributed by atoms with E-state index in [0.29, 0.717) is 5.75 Å². The molecule has 0 aliphatic rings. The summed E-state index contributed by atoms with van der Waals surface area (Å²) in [7, 11) is -1.37. The van der Waals surface area contributed by atoms with E-state index in [-0.39, 0.29) is 28.8 Å². The van der Waals surface area contributed by atoms with Crippen LogP contribution in [0, 0.1) is 13.8 Å². The topological polar surface area (TPSA) is 105 Å². The molecule has 42 heavy (non-hydrogen) atoms. The molecule has 0 bridgehead atoms. The number of aryl methyl sites for hydroxylation is 2. The van der Waals surface area contributed by atoms with E-state index in [9.17, 15) is 18.0 Å². The molecule has 0 unspecified atom stereocenters. The maximum Gasteiger partial charge on any atom is 0.264 e. The number of nitrogens with one attached hydrogen (secondary N) is 1. The lowest BCUT2D eigenvalue weighted by Crippen LogP contribution is -2.54. The molecule has 3 aromatic rings. The number of nitrogens with zero attached hydrogens (tertiary/aromatic N) is 2. The van der Waals surface area contributed by atoms with Gasteiger partial charge in [0.05, 0.1) is 24.8 Å². The second kappa shape index (κ2) is 13.3. The van der Waals surface area contributed by atoms with Crippen molar-refractivity contribution in [3.05, 3.63) is 83.4 Å². The average Bonchev–Trinajstić information content (AvgIpc) is 2.93. The predicted octanol–water partition coefficient (Wildman–Crippen LogP) is 4.85. The van der Waals surface area contributed by atoms with Gasteiger partial charge in [-0.1, -0.05) is 42.0 Å². The summed E-state index contributed by atoms with van der Waals surface area (Å²) in [5.74, 6) is -0.285. The molecular formula is C32H41N3O6S. The van der Waals surface area contributed by atoms with Crippen LogP contribution in [0.1, 0.15) is 44.4 Å². The first-order chi connectivity index (χ1) is 19.7. The highest BCUT2D eigenvalue weighted by atomic mass is 32.2. The Morgan fingerprint density at radius 1 is 0.929 bits per heavy atom. The normalized spacial score (nSPS) is 12.3. The number of carbonyl (C=O) groups is 2. The molecule has 226 valence electrons. The standard InChI is InChI=1S/C32H41N3O6S/c1-22-13-16-27(17-14-22)42(38,39)35(28-19-26(40-7)15-18-29(28)41-8)21-30(36)34(20-25-12-10-9-11-23(25)2)24(3)31(37)33-32(4,5)6/h9-19,24H,20-21H2,1-8H3,(H,33,37)/t24-/m0/s1. The second-order valence-electron chi connectivity index (χ2n) is 11.2. The van der Waals surface area contributed by atoms with Crippen molar-refractivity contribution in [1.29, 1.82) is 0 Å². The van der Waals surface area contributed by atoms with Crippen LogP contribution in [0.15, 0.2) is 71.6 Å². The summed E-state index contributed by atoms with van der Waals surface area (Å²) in [5.41, 5.74) is 2.27. The number of methoxy groups -OCH3 is 2. The average molecular weight is 596 g/mol. The minimum absolute atomic E-state index is 0.00903. The molecule has 9 nitrogen and oxygen atoms in total. The molecule has 2 amide bonds. The minimum Gasteiger partial charge on any atom is -0.497 e. The molecule has 0 aliphatic carbocycles. The minimum atomic E-state index is -4.26. The predicted molar refractivity (Wildman–Crippen MR) is 164 cm³/mol. The molecule has 1 atom stereocenters. The summed E-state index contributed by atoms with van der Waals surface area (Å²) < 4.78 is 40.2. The van der Waals surface area contributed by atoms with Crippen molar-refractivity contribution in [2.75, 3.05) is 25.1 Å². The fraction of sp³-hybridized carbons (Fsp3) is 0.375. The van der Waals surface area contributed by atoms with Crippen LogP contribution in [0.3, 0.4) is 0 Å². The lowest BCUT2D eigenvalue weighted by atomic mass is 10.1. The van der Waals surface area contributed by atoms with Crippen LogP contribution in [0.4, 0.5) is 5.69 Å². The zero-order valence-corrected chi connectivity index (χ0v) is 26.4. The van der Waals surface area contributed by atoms with E-state index in [0.717, 1.165) is 21.0 Å². The monoisotopic (exact) mass is 595 g/mol. The molecule has 0 saturated carbocycles. The van der Waals surface area contributed by atoms with E-state index < -0.39 is 34.1 Å². The van der Waals surface area contributed by atoms with E-state index in [4.69, 9.17) is 9.47 Å². The number of anilines is 1. The van der Waals surface area contributed by atoms with Gasteiger partial charge in [-0.15, -0.1) is 0 Å². The SMILES string of the molecule is COc1ccc(OC)c(N(CC(=O)N(Cc2ccccc2C)[C@@H](C)C(=O)NC(C)(C)C)S(=O)(=O)c2ccc(C)cc2)c1. The first-order valence-corrected chi connectivity index (χ1v) is 15.1. The second-order valence-corrected chi connectivity index (χ2v) is 13.1. The van der Waals surface area contributed by atoms with E-state index in [1.54, 1.807) is 31.2 Å². The largest absolute Gasteiger partial charge is 0.497 e. The summed E-state index contributed by atoms with van der Waals surface area (Å²) in [6.07, 6.45) is 0. The molecule has 3 rings (SSSR count). The van der Waals surface area contributed by atoms with Crippen molar-refractivity contribution in [2.24, 2.45) is 0 Å². The molecule has 0 radical (unpaired) electrons. The Balaban J connectivity index is 2.14. The van der Waals surface area contributed by atoms with Gasteiger partial charge in [0.15, 0.2) is 0 Å². The maximum atomic E-state index is 14.2. The van der Waals surface area contributed by atoms with Crippen LogP contribution in [0.5, 0.6) is 11.5 Å². The van der Waals surface area contributed by atoms with Gasteiger partial charge in [-0.25, -0.2) is 8.42 Å². The first-order valence-electron chi connectivity index (χ1n) is 13.7. The van der Waals surface area contributed by atoms with E-state index in [1.165, 1.54) is 37.3 Å². The lowest BCUT2D eigenvalue weighted by Gasteiger charge is -2.34. The number of hydrogen-bond acceptors (Lipinski definition) is 6. The quantitative estimate of drug-likeness (QED) is 0.340. The molecule has 0 aliphatic heterocycles. The fourth-order valence-electron chi connectivity index (χ4n) is 4.37. The molecule has 10 heteroatoms. The van der Waals surface area contributed by atoms with Crippen LogP contribution in [0.2, 0.25) is 0 Å². The van der Waals surface area contributed by atoms with Crippen LogP contribution in [-0.2, 0) is 26.2 Å². The molecule has 0 aromatic heterocycles. The number of amides is 2. The lowest BCUT2D eigenvalue weighted by molar-refractivity contribution is -0.140. The molecule has 0 saturated heterocycles. The van der Waals surface area contributed by atoms with Crippen molar-refractivity contribution in [1.82, 2.24) is 10.2 Å². The number of sulfonamides is 1. The van der Waals surface area contributed by atoms with Crippen molar-refractivity contribution in [3.63, 3.8) is 0 Å². The Hall–Kier alpha value is -4.05. The Labute approximate surface area is 249 Å². The summed E-state index contributed by atoms with van der Waals surface area (Å²) in [4.78, 5) is 28.9. The third-order valence-corrected chi connectivity index (χ3v) is 8.58. The number of benzene rings is 3. The number of carbonyl (C=O) groups excluding carboxylic acids is 2. The van der Waals surface area contributed by atoms with Gasteiger partial charge in [0.2, 0.25) is 11.8 Å². The Morgan fingerprint density at radius 2 is 1.57 bits per heavy atom. The molecule has 0 spiro atoms. The third kappa shape index (κ3) is 7.82. The Kier molecular flexibility index (Phi) is 10.3. The fourth-order valence-corrected chi connectivity index (χ4v) is 5.79. The van der Waals surface area contributed by atoms with Gasteiger partial charge in [0.25, 0.3) is 10.0 Å². The van der Waals surface area contributed by atoms with Gasteiger partial charge in [-0.3, -0.25) is 13.9 Å². The van der Waals surface area contributed by atoms with Gasteiger partial charge in [0.1, 0.15) is 24.1 Å². The smallest absolute Gasteiger partial charge is 0.264 e. The highest BCUT2D eigenvalue weighted by Gasteiger charge is 2.35. The van der Waals surface area contributed by atoms with Crippen molar-refractivity contribution >= 4 is 27.5 Å². The molecular weight excluding hydrogens is 554 g/mol. The van der Waals surface area contributed by atoms with Gasteiger partial charge >= 0.3 is 0 Å². The summed E-state index contributed by atoms with van der Waals surface area (Å²) in [5, 5.41) is 2.93. The summed E-state index contributed by atoms with van der Waals surface area (Å²) in [6.45, 7) is 10.5. The number of rotatable bonds is 11. The van der Waals surface area contributed by atoms with Crippen molar-refractivity contribution in [2.45, 2.75) is 64.6 Å². The Bertz CT molecular complexity index is 1510. The first kappa shape index (κ1) is 32.5.